The average molecular weight is 543 g/mol. The summed E-state index contributed by atoms with van der Waals surface area (Å²) in [7, 11) is 0. The summed E-state index contributed by atoms with van der Waals surface area (Å²) >= 11 is 0. The van der Waals surface area contributed by atoms with Gasteiger partial charge in [0.2, 0.25) is 5.91 Å². The number of hydrogen-bond acceptors (Lipinski definition) is 6. The van der Waals surface area contributed by atoms with Crippen LogP contribution in [0, 0.1) is 5.92 Å². The number of piperidine rings is 1. The van der Waals surface area contributed by atoms with Crippen LogP contribution in [0.3, 0.4) is 0 Å². The molecule has 9 nitrogen and oxygen atoms in total. The largest absolute Gasteiger partial charge is 0.444 e. The molecule has 2 aromatic heterocycles. The standard InChI is InChI=1S/C31H38N6O3/c1-30(2,3)40-29(39)35-12-9-31(10-13-35)25-7-6-23(19-36(31)21-25)24-18-27-26(8-11-32-37(27)20-24)33-14-16-34(17-15-33)28(38)22-4-5-22/h6-8,11,18-22H,4-5,9-10,12-17H2,1-3H3. The van der Waals surface area contributed by atoms with E-state index < -0.39 is 5.60 Å². The highest BCUT2D eigenvalue weighted by molar-refractivity contribution is 5.84. The van der Waals surface area contributed by atoms with Gasteiger partial charge in [-0.15, -0.1) is 0 Å². The van der Waals surface area contributed by atoms with E-state index in [-0.39, 0.29) is 17.6 Å². The Labute approximate surface area is 235 Å². The minimum Gasteiger partial charge on any atom is -0.444 e. The fourth-order valence-electron chi connectivity index (χ4n) is 6.49. The second-order valence-corrected chi connectivity index (χ2v) is 12.8. The number of allylic oxidation sites excluding steroid dienone is 2. The zero-order valence-corrected chi connectivity index (χ0v) is 23.7. The molecule has 0 atom stereocenters. The van der Waals surface area contributed by atoms with Gasteiger partial charge in [-0.05, 0) is 69.7 Å². The first-order valence-electron chi connectivity index (χ1n) is 14.6. The zero-order chi connectivity index (χ0) is 27.6. The van der Waals surface area contributed by atoms with E-state index in [9.17, 15) is 9.59 Å². The van der Waals surface area contributed by atoms with E-state index in [0.29, 0.717) is 19.0 Å². The van der Waals surface area contributed by atoms with E-state index >= 15 is 0 Å². The Bertz CT molecular complexity index is 1440. The van der Waals surface area contributed by atoms with Crippen molar-refractivity contribution in [3.63, 3.8) is 0 Å². The number of likely N-dealkylation sites (tertiary alicyclic amines) is 1. The number of hydrogen-bond donors (Lipinski definition) is 0. The van der Waals surface area contributed by atoms with Gasteiger partial charge in [-0.25, -0.2) is 9.31 Å². The second-order valence-electron chi connectivity index (χ2n) is 12.8. The number of nitrogens with zero attached hydrogens (tertiary/aromatic N) is 6. The highest BCUT2D eigenvalue weighted by Crippen LogP contribution is 2.47. The highest BCUT2D eigenvalue weighted by atomic mass is 16.6. The molecule has 0 aromatic carbocycles. The predicted octanol–water partition coefficient (Wildman–Crippen LogP) is 4.27. The Kier molecular flexibility index (Phi) is 5.77. The van der Waals surface area contributed by atoms with Gasteiger partial charge in [-0.2, -0.15) is 5.10 Å². The molecule has 1 saturated carbocycles. The first-order chi connectivity index (χ1) is 19.2. The van der Waals surface area contributed by atoms with Gasteiger partial charge in [0.25, 0.3) is 0 Å². The summed E-state index contributed by atoms with van der Waals surface area (Å²) < 4.78 is 7.57. The molecule has 1 aliphatic carbocycles. The Morgan fingerprint density at radius 1 is 0.975 bits per heavy atom. The molecule has 210 valence electrons. The van der Waals surface area contributed by atoms with Crippen molar-refractivity contribution in [1.29, 1.82) is 0 Å². The molecule has 3 fully saturated rings. The number of fused-ring (bicyclic) bond motifs is 2. The van der Waals surface area contributed by atoms with Crippen LogP contribution in [-0.4, -0.2) is 86.7 Å². The van der Waals surface area contributed by atoms with Crippen molar-refractivity contribution in [2.75, 3.05) is 44.2 Å². The second kappa shape index (κ2) is 9.14. The number of carbonyl (C=O) groups is 2. The van der Waals surface area contributed by atoms with Crippen LogP contribution in [0.25, 0.3) is 11.1 Å². The Morgan fingerprint density at radius 2 is 1.73 bits per heavy atom. The molecule has 2 saturated heterocycles. The summed E-state index contributed by atoms with van der Waals surface area (Å²) in [4.78, 5) is 33.7. The zero-order valence-electron chi connectivity index (χ0n) is 23.7. The van der Waals surface area contributed by atoms with Gasteiger partial charge >= 0.3 is 6.09 Å². The molecule has 0 unspecified atom stereocenters. The molecule has 2 bridgehead atoms. The third-order valence-electron chi connectivity index (χ3n) is 8.95. The molecule has 6 aliphatic rings. The summed E-state index contributed by atoms with van der Waals surface area (Å²) in [5.41, 5.74) is 5.30. The summed E-state index contributed by atoms with van der Waals surface area (Å²) in [5.74, 6) is 0.620. The van der Waals surface area contributed by atoms with E-state index in [1.807, 2.05) is 41.3 Å². The maximum absolute atomic E-state index is 12.6. The minimum atomic E-state index is -0.484. The molecule has 2 aromatic rings. The van der Waals surface area contributed by atoms with E-state index in [1.54, 1.807) is 0 Å². The van der Waals surface area contributed by atoms with Crippen molar-refractivity contribution in [2.45, 2.75) is 57.6 Å². The number of rotatable bonds is 3. The van der Waals surface area contributed by atoms with Gasteiger partial charge in [-0.3, -0.25) is 4.79 Å². The molecule has 1 spiro atoms. The summed E-state index contributed by atoms with van der Waals surface area (Å²) in [6.07, 6.45) is 16.5. The average Bonchev–Trinajstić information content (AvgIpc) is 3.75. The third-order valence-corrected chi connectivity index (χ3v) is 8.95. The van der Waals surface area contributed by atoms with Crippen LogP contribution >= 0.6 is 0 Å². The molecule has 2 amide bonds. The van der Waals surface area contributed by atoms with Crippen LogP contribution in [0.15, 0.2) is 54.7 Å². The Hall–Kier alpha value is -3.75. The molecular weight excluding hydrogens is 504 g/mol. The summed E-state index contributed by atoms with van der Waals surface area (Å²) in [6.45, 7) is 10.3. The molecule has 8 rings (SSSR count). The van der Waals surface area contributed by atoms with E-state index in [0.717, 1.165) is 74.2 Å². The quantitative estimate of drug-likeness (QED) is 0.577. The van der Waals surface area contributed by atoms with Gasteiger partial charge in [-0.1, -0.05) is 12.2 Å². The maximum Gasteiger partial charge on any atom is 0.410 e. The molecule has 0 radical (unpaired) electrons. The van der Waals surface area contributed by atoms with Crippen molar-refractivity contribution >= 4 is 28.8 Å². The molecule has 9 heteroatoms. The minimum absolute atomic E-state index is 0.0586. The van der Waals surface area contributed by atoms with E-state index in [2.05, 4.69) is 57.8 Å². The number of anilines is 1. The lowest BCUT2D eigenvalue weighted by Crippen LogP contribution is -2.58. The van der Waals surface area contributed by atoms with Gasteiger partial charge in [0.1, 0.15) is 5.60 Å². The van der Waals surface area contributed by atoms with Gasteiger partial charge in [0.05, 0.1) is 16.7 Å². The lowest BCUT2D eigenvalue weighted by Gasteiger charge is -2.53. The Balaban J connectivity index is 1.07. The van der Waals surface area contributed by atoms with Crippen LogP contribution in [0.5, 0.6) is 0 Å². The first kappa shape index (κ1) is 25.2. The topological polar surface area (TPSA) is 73.6 Å². The lowest BCUT2D eigenvalue weighted by molar-refractivity contribution is -0.132. The number of amides is 2. The SMILES string of the molecule is CC(C)(C)OC(=O)N1CCC2(CC1)C1=CN2C=C(c2cc3c(N4CCN(C(=O)C5CC5)CC4)ccnn3c2)C=C1. The number of aromatic nitrogens is 2. The van der Waals surface area contributed by atoms with E-state index in [1.165, 1.54) is 5.57 Å². The predicted molar refractivity (Wildman–Crippen MR) is 154 cm³/mol. The van der Waals surface area contributed by atoms with Crippen molar-refractivity contribution in [1.82, 2.24) is 24.3 Å². The number of piperazine rings is 1. The van der Waals surface area contributed by atoms with Crippen LogP contribution in [0.1, 0.15) is 52.0 Å². The molecular formula is C31H38N6O3. The van der Waals surface area contributed by atoms with Crippen LogP contribution < -0.4 is 4.90 Å². The normalized spacial score (nSPS) is 22.2. The van der Waals surface area contributed by atoms with Crippen molar-refractivity contribution in [2.24, 2.45) is 5.92 Å². The lowest BCUT2D eigenvalue weighted by atomic mass is 9.75. The van der Waals surface area contributed by atoms with Gasteiger partial charge in [0, 0.05) is 75.5 Å². The smallest absolute Gasteiger partial charge is 0.410 e. The molecule has 40 heavy (non-hydrogen) atoms. The number of carbonyl (C=O) groups excluding carboxylic acids is 2. The number of ether oxygens (including phenoxy) is 1. The van der Waals surface area contributed by atoms with Crippen molar-refractivity contribution in [3.8, 4) is 0 Å². The molecule has 7 heterocycles. The van der Waals surface area contributed by atoms with Crippen LogP contribution in [0.4, 0.5) is 10.5 Å². The maximum atomic E-state index is 12.6. The van der Waals surface area contributed by atoms with Crippen molar-refractivity contribution in [3.05, 3.63) is 60.2 Å². The summed E-state index contributed by atoms with van der Waals surface area (Å²) in [6, 6.07) is 4.32. The third kappa shape index (κ3) is 4.35. The van der Waals surface area contributed by atoms with Crippen LogP contribution in [0.2, 0.25) is 0 Å². The van der Waals surface area contributed by atoms with Crippen LogP contribution in [-0.2, 0) is 9.53 Å². The molecule has 0 N–H and O–H groups in total. The van der Waals surface area contributed by atoms with Gasteiger partial charge in [0.15, 0.2) is 0 Å². The highest BCUT2D eigenvalue weighted by Gasteiger charge is 2.48. The van der Waals surface area contributed by atoms with E-state index in [4.69, 9.17) is 4.74 Å². The molecule has 5 aliphatic heterocycles. The fraction of sp³-hybridized carbons (Fsp3) is 0.516. The summed E-state index contributed by atoms with van der Waals surface area (Å²) in [5, 5.41) is 4.61. The Morgan fingerprint density at radius 3 is 2.42 bits per heavy atom. The first-order valence-corrected chi connectivity index (χ1v) is 14.6. The monoisotopic (exact) mass is 542 g/mol. The van der Waals surface area contributed by atoms with Crippen molar-refractivity contribution < 1.29 is 14.3 Å². The fourth-order valence-corrected chi connectivity index (χ4v) is 6.49. The van der Waals surface area contributed by atoms with Gasteiger partial charge < -0.3 is 24.3 Å².